The number of hydrogen-bond acceptors (Lipinski definition) is 4. The maximum Gasteiger partial charge on any atom is 0.253 e. The van der Waals surface area contributed by atoms with Gasteiger partial charge in [0.15, 0.2) is 11.7 Å². The van der Waals surface area contributed by atoms with E-state index in [0.717, 1.165) is 17.0 Å². The fourth-order valence-electron chi connectivity index (χ4n) is 2.98. The van der Waals surface area contributed by atoms with E-state index in [1.54, 1.807) is 24.3 Å². The summed E-state index contributed by atoms with van der Waals surface area (Å²) in [5, 5.41) is 5.66. The molecule has 1 heterocycles. The molecule has 2 amide bonds. The number of nitrogens with zero attached hydrogens (tertiary/aromatic N) is 1. The van der Waals surface area contributed by atoms with Crippen LogP contribution in [0.5, 0.6) is 0 Å². The lowest BCUT2D eigenvalue weighted by Crippen LogP contribution is -2.31. The number of nitrogens with one attached hydrogen (secondary N) is 2. The molecule has 1 aromatic heterocycles. The van der Waals surface area contributed by atoms with Gasteiger partial charge in [-0.1, -0.05) is 42.5 Å². The molecule has 0 bridgehead atoms. The highest BCUT2D eigenvalue weighted by Crippen LogP contribution is 2.24. The third-order valence-corrected chi connectivity index (χ3v) is 4.31. The summed E-state index contributed by atoms with van der Waals surface area (Å²) in [4.78, 5) is 29.2. The summed E-state index contributed by atoms with van der Waals surface area (Å²) < 4.78 is 5.85. The Balaban J connectivity index is 1.64. The van der Waals surface area contributed by atoms with Crippen LogP contribution in [-0.2, 0) is 11.2 Å². The molecule has 150 valence electrons. The van der Waals surface area contributed by atoms with Gasteiger partial charge in [0, 0.05) is 24.4 Å². The molecule has 0 saturated carbocycles. The number of hydrogen-bond donors (Lipinski definition) is 2. The van der Waals surface area contributed by atoms with Crippen molar-refractivity contribution in [2.24, 2.45) is 0 Å². The van der Waals surface area contributed by atoms with Gasteiger partial charge in [0.2, 0.25) is 5.91 Å². The number of aryl methyl sites for hydroxylation is 2. The third kappa shape index (κ3) is 5.31. The molecule has 0 aliphatic rings. The number of oxazole rings is 1. The Kier molecular flexibility index (Phi) is 6.44. The lowest BCUT2D eigenvalue weighted by Gasteiger charge is -2.13. The topological polar surface area (TPSA) is 84.2 Å². The highest BCUT2D eigenvalue weighted by molar-refractivity contribution is 6.03. The molecule has 0 spiro atoms. The van der Waals surface area contributed by atoms with E-state index in [1.807, 2.05) is 51.1 Å². The quantitative estimate of drug-likeness (QED) is 0.627. The number of anilines is 1. The van der Waals surface area contributed by atoms with Crippen LogP contribution in [0, 0.1) is 6.92 Å². The van der Waals surface area contributed by atoms with Crippen molar-refractivity contribution in [2.45, 2.75) is 39.7 Å². The molecule has 3 rings (SSSR count). The molecule has 0 aliphatic heterocycles. The Hall–Kier alpha value is -3.41. The van der Waals surface area contributed by atoms with Crippen molar-refractivity contribution in [3.8, 4) is 11.3 Å². The van der Waals surface area contributed by atoms with Crippen LogP contribution in [0.2, 0.25) is 0 Å². The molecule has 29 heavy (non-hydrogen) atoms. The largest absolute Gasteiger partial charge is 0.440 e. The number of rotatable bonds is 7. The molecular formula is C23H25N3O3. The first-order valence-electron chi connectivity index (χ1n) is 9.65. The summed E-state index contributed by atoms with van der Waals surface area (Å²) in [6.07, 6.45) is 0.578. The number of carbonyl (C=O) groups is 2. The lowest BCUT2D eigenvalue weighted by atomic mass is 10.1. The van der Waals surface area contributed by atoms with Crippen LogP contribution in [0.3, 0.4) is 0 Å². The minimum Gasteiger partial charge on any atom is -0.440 e. The molecule has 6 heteroatoms. The molecule has 2 aromatic carbocycles. The summed E-state index contributed by atoms with van der Waals surface area (Å²) in [7, 11) is 0. The van der Waals surface area contributed by atoms with Crippen molar-refractivity contribution in [3.05, 3.63) is 71.7 Å². The number of carbonyl (C=O) groups excluding carboxylic acids is 2. The average molecular weight is 391 g/mol. The molecule has 3 aromatic rings. The lowest BCUT2D eigenvalue weighted by molar-refractivity contribution is -0.116. The minimum absolute atomic E-state index is 0.0123. The van der Waals surface area contributed by atoms with E-state index in [9.17, 15) is 9.59 Å². The molecular weight excluding hydrogens is 366 g/mol. The van der Waals surface area contributed by atoms with Crippen LogP contribution < -0.4 is 10.6 Å². The Morgan fingerprint density at radius 1 is 1.03 bits per heavy atom. The van der Waals surface area contributed by atoms with E-state index < -0.39 is 0 Å². The van der Waals surface area contributed by atoms with Crippen LogP contribution in [-0.4, -0.2) is 22.8 Å². The Labute approximate surface area is 170 Å². The van der Waals surface area contributed by atoms with Gasteiger partial charge in [-0.15, -0.1) is 0 Å². The average Bonchev–Trinajstić information content (AvgIpc) is 3.07. The minimum atomic E-state index is -0.216. The van der Waals surface area contributed by atoms with Gasteiger partial charge in [-0.3, -0.25) is 9.59 Å². The fraction of sp³-hybridized carbons (Fsp3) is 0.261. The molecule has 2 N–H and O–H groups in total. The van der Waals surface area contributed by atoms with E-state index in [2.05, 4.69) is 15.6 Å². The van der Waals surface area contributed by atoms with Crippen molar-refractivity contribution >= 4 is 17.5 Å². The maximum atomic E-state index is 12.4. The first-order chi connectivity index (χ1) is 13.9. The number of amides is 2. The zero-order chi connectivity index (χ0) is 20.8. The molecule has 0 saturated heterocycles. The zero-order valence-electron chi connectivity index (χ0n) is 16.9. The van der Waals surface area contributed by atoms with Crippen LogP contribution in [0.15, 0.2) is 59.0 Å². The highest BCUT2D eigenvalue weighted by atomic mass is 16.4. The Morgan fingerprint density at radius 3 is 2.45 bits per heavy atom. The molecule has 0 unspecified atom stereocenters. The van der Waals surface area contributed by atoms with Gasteiger partial charge in [0.05, 0.1) is 16.9 Å². The molecule has 0 fully saturated rings. The number of para-hydroxylation sites is 1. The predicted octanol–water partition coefficient (Wildman–Crippen LogP) is 4.36. The van der Waals surface area contributed by atoms with Crippen molar-refractivity contribution in [1.29, 1.82) is 0 Å². The van der Waals surface area contributed by atoms with Crippen molar-refractivity contribution in [2.75, 3.05) is 5.32 Å². The van der Waals surface area contributed by atoms with Gasteiger partial charge in [0.1, 0.15) is 0 Å². The number of benzene rings is 2. The highest BCUT2D eigenvalue weighted by Gasteiger charge is 2.16. The summed E-state index contributed by atoms with van der Waals surface area (Å²) in [5.74, 6) is 0.817. The van der Waals surface area contributed by atoms with Crippen LogP contribution in [0.1, 0.15) is 42.2 Å². The Morgan fingerprint density at radius 2 is 1.72 bits per heavy atom. The smallest absolute Gasteiger partial charge is 0.253 e. The first kappa shape index (κ1) is 20.3. The standard InChI is InChI=1S/C23H25N3O3/c1-15(2)24-23(28)18-11-7-8-12-19(18)26-20(27)13-14-21-25-16(3)22(29-21)17-9-5-4-6-10-17/h4-12,15H,13-14H2,1-3H3,(H,24,28)(H,26,27). The normalized spacial score (nSPS) is 10.8. The van der Waals surface area contributed by atoms with Crippen LogP contribution in [0.25, 0.3) is 11.3 Å². The second kappa shape index (κ2) is 9.19. The molecule has 0 atom stereocenters. The second-order valence-electron chi connectivity index (χ2n) is 7.11. The van der Waals surface area contributed by atoms with E-state index in [0.29, 0.717) is 23.6 Å². The van der Waals surface area contributed by atoms with Crippen LogP contribution >= 0.6 is 0 Å². The van der Waals surface area contributed by atoms with E-state index >= 15 is 0 Å². The molecule has 6 nitrogen and oxygen atoms in total. The monoisotopic (exact) mass is 391 g/mol. The van der Waals surface area contributed by atoms with Crippen molar-refractivity contribution in [1.82, 2.24) is 10.3 Å². The van der Waals surface area contributed by atoms with Crippen LogP contribution in [0.4, 0.5) is 5.69 Å². The molecule has 0 aliphatic carbocycles. The number of aromatic nitrogens is 1. The zero-order valence-corrected chi connectivity index (χ0v) is 16.9. The SMILES string of the molecule is Cc1nc(CCC(=O)Nc2ccccc2C(=O)NC(C)C)oc1-c1ccccc1. The van der Waals surface area contributed by atoms with Gasteiger partial charge in [-0.2, -0.15) is 0 Å². The first-order valence-corrected chi connectivity index (χ1v) is 9.65. The van der Waals surface area contributed by atoms with E-state index in [-0.39, 0.29) is 24.3 Å². The summed E-state index contributed by atoms with van der Waals surface area (Å²) in [5.41, 5.74) is 2.68. The van der Waals surface area contributed by atoms with Gasteiger partial charge in [-0.25, -0.2) is 4.98 Å². The van der Waals surface area contributed by atoms with E-state index in [1.165, 1.54) is 0 Å². The van der Waals surface area contributed by atoms with Gasteiger partial charge in [-0.05, 0) is 32.9 Å². The summed E-state index contributed by atoms with van der Waals surface area (Å²) in [6, 6.07) is 16.7. The predicted molar refractivity (Wildman–Crippen MR) is 113 cm³/mol. The van der Waals surface area contributed by atoms with Crippen molar-refractivity contribution < 1.29 is 14.0 Å². The van der Waals surface area contributed by atoms with Gasteiger partial charge >= 0.3 is 0 Å². The van der Waals surface area contributed by atoms with Gasteiger partial charge < -0.3 is 15.1 Å². The van der Waals surface area contributed by atoms with Gasteiger partial charge in [0.25, 0.3) is 5.91 Å². The van der Waals surface area contributed by atoms with Crippen molar-refractivity contribution in [3.63, 3.8) is 0 Å². The third-order valence-electron chi connectivity index (χ3n) is 4.31. The maximum absolute atomic E-state index is 12.4. The fourth-order valence-corrected chi connectivity index (χ4v) is 2.98. The Bertz CT molecular complexity index is 994. The van der Waals surface area contributed by atoms with E-state index in [4.69, 9.17) is 4.42 Å². The summed E-state index contributed by atoms with van der Waals surface area (Å²) in [6.45, 7) is 5.67. The summed E-state index contributed by atoms with van der Waals surface area (Å²) >= 11 is 0. The molecule has 0 radical (unpaired) electrons. The second-order valence-corrected chi connectivity index (χ2v) is 7.11.